The molecule has 14 heavy (non-hydrogen) atoms. The molecule has 0 unspecified atom stereocenters. The largest absolute Gasteiger partial charge is 0.381 e. The maximum Gasteiger partial charge on any atom is 0.249 e. The van der Waals surface area contributed by atoms with Crippen molar-refractivity contribution in [2.75, 3.05) is 18.4 Å². The maximum absolute atomic E-state index is 11.0. The van der Waals surface area contributed by atoms with E-state index in [9.17, 15) is 4.79 Å². The molecule has 4 nitrogen and oxygen atoms in total. The summed E-state index contributed by atoms with van der Waals surface area (Å²) in [5.74, 6) is 0. The zero-order valence-corrected chi connectivity index (χ0v) is 8.05. The summed E-state index contributed by atoms with van der Waals surface area (Å²) >= 11 is 0. The molecule has 0 radical (unpaired) electrons. The third-order valence-corrected chi connectivity index (χ3v) is 2.44. The molecule has 1 saturated heterocycles. The van der Waals surface area contributed by atoms with Gasteiger partial charge in [-0.2, -0.15) is 0 Å². The SMILES string of the molecule is O=c1cc(N[C@@H]2CCCNC2)cc[nH]1. The van der Waals surface area contributed by atoms with Gasteiger partial charge in [-0.1, -0.05) is 0 Å². The van der Waals surface area contributed by atoms with E-state index in [0.29, 0.717) is 6.04 Å². The first-order valence-corrected chi connectivity index (χ1v) is 5.00. The normalized spacial score (nSPS) is 21.9. The van der Waals surface area contributed by atoms with Crippen LogP contribution >= 0.6 is 0 Å². The molecule has 1 aromatic heterocycles. The lowest BCUT2D eigenvalue weighted by molar-refractivity contribution is 0.480. The molecule has 0 bridgehead atoms. The highest BCUT2D eigenvalue weighted by Crippen LogP contribution is 2.09. The molecule has 1 fully saturated rings. The van der Waals surface area contributed by atoms with Crippen LogP contribution in [-0.2, 0) is 0 Å². The molecule has 0 saturated carbocycles. The minimum Gasteiger partial charge on any atom is -0.381 e. The smallest absolute Gasteiger partial charge is 0.249 e. The predicted molar refractivity (Wildman–Crippen MR) is 56.6 cm³/mol. The first-order valence-electron chi connectivity index (χ1n) is 5.00. The predicted octanol–water partition coefficient (Wildman–Crippen LogP) is 0.539. The Bertz CT molecular complexity index is 341. The Hall–Kier alpha value is -1.29. The molecule has 2 heterocycles. The van der Waals surface area contributed by atoms with Crippen LogP contribution < -0.4 is 16.2 Å². The van der Waals surface area contributed by atoms with E-state index in [2.05, 4.69) is 15.6 Å². The Morgan fingerprint density at radius 1 is 1.50 bits per heavy atom. The summed E-state index contributed by atoms with van der Waals surface area (Å²) < 4.78 is 0. The Morgan fingerprint density at radius 2 is 2.43 bits per heavy atom. The molecule has 1 aromatic rings. The van der Waals surface area contributed by atoms with Crippen molar-refractivity contribution >= 4 is 5.69 Å². The molecule has 76 valence electrons. The van der Waals surface area contributed by atoms with Gasteiger partial charge in [0.2, 0.25) is 5.56 Å². The topological polar surface area (TPSA) is 56.9 Å². The Kier molecular flexibility index (Phi) is 2.84. The second-order valence-corrected chi connectivity index (χ2v) is 3.63. The quantitative estimate of drug-likeness (QED) is 0.642. The molecule has 0 aromatic carbocycles. The van der Waals surface area contributed by atoms with Crippen LogP contribution in [0.25, 0.3) is 0 Å². The summed E-state index contributed by atoms with van der Waals surface area (Å²) in [6, 6.07) is 3.93. The minimum absolute atomic E-state index is 0.0567. The monoisotopic (exact) mass is 193 g/mol. The van der Waals surface area contributed by atoms with Crippen LogP contribution in [0.3, 0.4) is 0 Å². The average Bonchev–Trinajstić information content (AvgIpc) is 2.19. The van der Waals surface area contributed by atoms with Gasteiger partial charge >= 0.3 is 0 Å². The van der Waals surface area contributed by atoms with E-state index in [1.54, 1.807) is 12.3 Å². The van der Waals surface area contributed by atoms with Gasteiger partial charge in [0.15, 0.2) is 0 Å². The summed E-state index contributed by atoms with van der Waals surface area (Å²) in [7, 11) is 0. The lowest BCUT2D eigenvalue weighted by Crippen LogP contribution is -2.38. The maximum atomic E-state index is 11.0. The van der Waals surface area contributed by atoms with Crippen molar-refractivity contribution in [1.82, 2.24) is 10.3 Å². The molecule has 4 heteroatoms. The van der Waals surface area contributed by atoms with Gasteiger partial charge in [-0.05, 0) is 25.5 Å². The van der Waals surface area contributed by atoms with Crippen molar-refractivity contribution in [2.45, 2.75) is 18.9 Å². The summed E-state index contributed by atoms with van der Waals surface area (Å²) in [4.78, 5) is 13.6. The van der Waals surface area contributed by atoms with E-state index >= 15 is 0 Å². The van der Waals surface area contributed by atoms with Gasteiger partial charge in [0.1, 0.15) is 0 Å². The average molecular weight is 193 g/mol. The number of H-pyrrole nitrogens is 1. The van der Waals surface area contributed by atoms with Crippen LogP contribution in [0.1, 0.15) is 12.8 Å². The van der Waals surface area contributed by atoms with Crippen LogP contribution in [-0.4, -0.2) is 24.1 Å². The summed E-state index contributed by atoms with van der Waals surface area (Å²) in [6.07, 6.45) is 4.03. The second kappa shape index (κ2) is 4.28. The van der Waals surface area contributed by atoms with Crippen LogP contribution in [0.5, 0.6) is 0 Å². The van der Waals surface area contributed by atoms with Crippen molar-refractivity contribution in [2.24, 2.45) is 0 Å². The Labute approximate surface area is 82.7 Å². The second-order valence-electron chi connectivity index (χ2n) is 3.63. The van der Waals surface area contributed by atoms with Gasteiger partial charge in [-0.3, -0.25) is 4.79 Å². The lowest BCUT2D eigenvalue weighted by Gasteiger charge is -2.24. The van der Waals surface area contributed by atoms with Crippen LogP contribution in [0, 0.1) is 0 Å². The van der Waals surface area contributed by atoms with Gasteiger partial charge in [0, 0.05) is 30.5 Å². The molecule has 2 rings (SSSR count). The van der Waals surface area contributed by atoms with Crippen LogP contribution in [0.2, 0.25) is 0 Å². The fourth-order valence-corrected chi connectivity index (χ4v) is 1.75. The molecule has 1 aliphatic rings. The van der Waals surface area contributed by atoms with Crippen LogP contribution in [0.15, 0.2) is 23.1 Å². The Balaban J connectivity index is 1.99. The van der Waals surface area contributed by atoms with E-state index in [1.165, 1.54) is 12.8 Å². The van der Waals surface area contributed by atoms with E-state index in [-0.39, 0.29) is 5.56 Å². The van der Waals surface area contributed by atoms with E-state index in [0.717, 1.165) is 18.8 Å². The number of piperidine rings is 1. The van der Waals surface area contributed by atoms with Gasteiger partial charge in [0.25, 0.3) is 0 Å². The van der Waals surface area contributed by atoms with E-state index in [1.807, 2.05) is 6.07 Å². The number of rotatable bonds is 2. The van der Waals surface area contributed by atoms with Gasteiger partial charge in [-0.15, -0.1) is 0 Å². The van der Waals surface area contributed by atoms with Crippen molar-refractivity contribution in [1.29, 1.82) is 0 Å². The molecule has 0 spiro atoms. The van der Waals surface area contributed by atoms with Crippen LogP contribution in [0.4, 0.5) is 5.69 Å². The molecule has 1 aliphatic heterocycles. The fraction of sp³-hybridized carbons (Fsp3) is 0.500. The molecular weight excluding hydrogens is 178 g/mol. The Morgan fingerprint density at radius 3 is 3.14 bits per heavy atom. The zero-order valence-electron chi connectivity index (χ0n) is 8.05. The highest BCUT2D eigenvalue weighted by molar-refractivity contribution is 5.41. The minimum atomic E-state index is -0.0567. The van der Waals surface area contributed by atoms with Crippen molar-refractivity contribution in [3.63, 3.8) is 0 Å². The van der Waals surface area contributed by atoms with Gasteiger partial charge < -0.3 is 15.6 Å². The number of pyridine rings is 1. The van der Waals surface area contributed by atoms with Gasteiger partial charge in [-0.25, -0.2) is 0 Å². The molecule has 0 aliphatic carbocycles. The highest BCUT2D eigenvalue weighted by Gasteiger charge is 2.11. The number of anilines is 1. The summed E-state index contributed by atoms with van der Waals surface area (Å²) in [5, 5.41) is 6.66. The summed E-state index contributed by atoms with van der Waals surface area (Å²) in [5.41, 5.74) is 0.848. The summed E-state index contributed by atoms with van der Waals surface area (Å²) in [6.45, 7) is 2.08. The number of nitrogens with one attached hydrogen (secondary N) is 3. The first-order chi connectivity index (χ1) is 6.84. The molecule has 3 N–H and O–H groups in total. The third kappa shape index (κ3) is 2.35. The van der Waals surface area contributed by atoms with Crippen molar-refractivity contribution < 1.29 is 0 Å². The standard InChI is InChI=1S/C10H15N3O/c14-10-6-8(3-5-12-10)13-9-2-1-4-11-7-9/h3,5-6,9,11H,1-2,4,7H2,(H2,12,13,14)/t9-/m1/s1. The first kappa shape index (κ1) is 9.27. The number of hydrogen-bond acceptors (Lipinski definition) is 3. The van der Waals surface area contributed by atoms with Crippen molar-refractivity contribution in [3.05, 3.63) is 28.7 Å². The fourth-order valence-electron chi connectivity index (χ4n) is 1.75. The van der Waals surface area contributed by atoms with E-state index in [4.69, 9.17) is 0 Å². The van der Waals surface area contributed by atoms with E-state index < -0.39 is 0 Å². The molecule has 0 amide bonds. The highest BCUT2D eigenvalue weighted by atomic mass is 16.1. The number of aromatic nitrogens is 1. The third-order valence-electron chi connectivity index (χ3n) is 2.44. The zero-order chi connectivity index (χ0) is 9.80. The number of hydrogen-bond donors (Lipinski definition) is 3. The van der Waals surface area contributed by atoms with Crippen molar-refractivity contribution in [3.8, 4) is 0 Å². The lowest BCUT2D eigenvalue weighted by atomic mass is 10.1. The number of aromatic amines is 1. The molecule has 1 atom stereocenters. The molecular formula is C10H15N3O. The van der Waals surface area contributed by atoms with Gasteiger partial charge in [0.05, 0.1) is 0 Å².